The Bertz CT molecular complexity index is 456. The second-order valence-corrected chi connectivity index (χ2v) is 5.93. The van der Waals surface area contributed by atoms with Crippen LogP contribution in [0.3, 0.4) is 0 Å². The quantitative estimate of drug-likeness (QED) is 0.894. The number of halogens is 1. The smallest absolute Gasteiger partial charge is 0.123 e. The van der Waals surface area contributed by atoms with E-state index >= 15 is 0 Å². The SMILES string of the molecule is C[C@]1(CC#N)CC[C@H](NCc2cccc(F)c2)CC1. The second kappa shape index (κ2) is 6.16. The number of benzene rings is 1. The van der Waals surface area contributed by atoms with Gasteiger partial charge in [0, 0.05) is 19.0 Å². The van der Waals surface area contributed by atoms with E-state index in [-0.39, 0.29) is 11.2 Å². The number of nitrogens with zero attached hydrogens (tertiary/aromatic N) is 1. The van der Waals surface area contributed by atoms with Crippen LogP contribution in [0, 0.1) is 22.6 Å². The van der Waals surface area contributed by atoms with Crippen LogP contribution >= 0.6 is 0 Å². The summed E-state index contributed by atoms with van der Waals surface area (Å²) in [6.45, 7) is 2.93. The first kappa shape index (κ1) is 14.0. The molecule has 102 valence electrons. The van der Waals surface area contributed by atoms with Crippen molar-refractivity contribution < 1.29 is 4.39 Å². The Hall–Kier alpha value is -1.40. The zero-order valence-corrected chi connectivity index (χ0v) is 11.5. The summed E-state index contributed by atoms with van der Waals surface area (Å²) >= 11 is 0. The van der Waals surface area contributed by atoms with E-state index in [1.165, 1.54) is 6.07 Å². The van der Waals surface area contributed by atoms with Gasteiger partial charge >= 0.3 is 0 Å². The van der Waals surface area contributed by atoms with Gasteiger partial charge in [-0.15, -0.1) is 0 Å². The van der Waals surface area contributed by atoms with E-state index in [0.29, 0.717) is 12.5 Å². The molecule has 0 atom stereocenters. The Morgan fingerprint density at radius 3 is 2.79 bits per heavy atom. The predicted molar refractivity (Wildman–Crippen MR) is 73.8 cm³/mol. The van der Waals surface area contributed by atoms with Gasteiger partial charge in [0.25, 0.3) is 0 Å². The molecule has 0 saturated heterocycles. The van der Waals surface area contributed by atoms with Crippen LogP contribution < -0.4 is 5.32 Å². The number of rotatable bonds is 4. The molecule has 2 rings (SSSR count). The maximum Gasteiger partial charge on any atom is 0.123 e. The van der Waals surface area contributed by atoms with Gasteiger partial charge in [-0.2, -0.15) is 5.26 Å². The van der Waals surface area contributed by atoms with Crippen molar-refractivity contribution in [2.75, 3.05) is 0 Å². The van der Waals surface area contributed by atoms with Crippen molar-refractivity contribution >= 4 is 0 Å². The third kappa shape index (κ3) is 4.04. The summed E-state index contributed by atoms with van der Waals surface area (Å²) in [5.74, 6) is -0.176. The minimum absolute atomic E-state index is 0.176. The first-order valence-electron chi connectivity index (χ1n) is 6.96. The zero-order chi connectivity index (χ0) is 13.7. The fourth-order valence-corrected chi connectivity index (χ4v) is 2.80. The lowest BCUT2D eigenvalue weighted by atomic mass is 9.72. The summed E-state index contributed by atoms with van der Waals surface area (Å²) in [5.41, 5.74) is 1.19. The summed E-state index contributed by atoms with van der Waals surface area (Å²) in [4.78, 5) is 0. The van der Waals surface area contributed by atoms with E-state index in [1.54, 1.807) is 12.1 Å². The molecule has 1 aliphatic carbocycles. The number of nitriles is 1. The van der Waals surface area contributed by atoms with E-state index in [1.807, 2.05) is 6.07 Å². The lowest BCUT2D eigenvalue weighted by molar-refractivity contribution is 0.188. The number of nitrogens with one attached hydrogen (secondary N) is 1. The third-order valence-corrected chi connectivity index (χ3v) is 4.18. The molecule has 0 unspecified atom stereocenters. The molecule has 1 saturated carbocycles. The highest BCUT2D eigenvalue weighted by Gasteiger charge is 2.30. The largest absolute Gasteiger partial charge is 0.310 e. The Balaban J connectivity index is 1.79. The van der Waals surface area contributed by atoms with Crippen molar-refractivity contribution in [3.8, 4) is 6.07 Å². The molecule has 0 amide bonds. The van der Waals surface area contributed by atoms with Gasteiger partial charge in [-0.3, -0.25) is 0 Å². The van der Waals surface area contributed by atoms with Gasteiger partial charge in [-0.25, -0.2) is 4.39 Å². The van der Waals surface area contributed by atoms with Crippen LogP contribution in [0.1, 0.15) is 44.6 Å². The average Bonchev–Trinajstić information content (AvgIpc) is 2.38. The van der Waals surface area contributed by atoms with Crippen molar-refractivity contribution in [3.63, 3.8) is 0 Å². The predicted octanol–water partition coefficient (Wildman–Crippen LogP) is 3.78. The molecule has 1 aliphatic rings. The van der Waals surface area contributed by atoms with E-state index in [9.17, 15) is 4.39 Å². The van der Waals surface area contributed by atoms with Crippen LogP contribution in [-0.2, 0) is 6.54 Å². The van der Waals surface area contributed by atoms with Gasteiger partial charge in [0.15, 0.2) is 0 Å². The molecule has 0 bridgehead atoms. The first-order chi connectivity index (χ1) is 9.11. The molecule has 0 heterocycles. The number of hydrogen-bond acceptors (Lipinski definition) is 2. The minimum atomic E-state index is -0.176. The highest BCUT2D eigenvalue weighted by Crippen LogP contribution is 2.38. The van der Waals surface area contributed by atoms with Crippen LogP contribution in [0.4, 0.5) is 4.39 Å². The fraction of sp³-hybridized carbons (Fsp3) is 0.562. The molecule has 1 N–H and O–H groups in total. The van der Waals surface area contributed by atoms with Gasteiger partial charge in [0.05, 0.1) is 6.07 Å². The Morgan fingerprint density at radius 2 is 2.16 bits per heavy atom. The van der Waals surface area contributed by atoms with Crippen LogP contribution in [-0.4, -0.2) is 6.04 Å². The second-order valence-electron chi connectivity index (χ2n) is 5.93. The summed E-state index contributed by atoms with van der Waals surface area (Å²) < 4.78 is 13.1. The van der Waals surface area contributed by atoms with Gasteiger partial charge in [-0.05, 0) is 48.8 Å². The molecule has 1 fully saturated rings. The Morgan fingerprint density at radius 1 is 1.42 bits per heavy atom. The maximum absolute atomic E-state index is 13.1. The van der Waals surface area contributed by atoms with Crippen molar-refractivity contribution in [3.05, 3.63) is 35.6 Å². The summed E-state index contributed by atoms with van der Waals surface area (Å²) in [6, 6.07) is 9.53. The van der Waals surface area contributed by atoms with Crippen LogP contribution in [0.15, 0.2) is 24.3 Å². The number of hydrogen-bond donors (Lipinski definition) is 1. The van der Waals surface area contributed by atoms with Crippen molar-refractivity contribution in [1.82, 2.24) is 5.32 Å². The molecule has 19 heavy (non-hydrogen) atoms. The topological polar surface area (TPSA) is 35.8 Å². The molecular formula is C16H21FN2. The van der Waals surface area contributed by atoms with Gasteiger partial charge in [0.2, 0.25) is 0 Å². The highest BCUT2D eigenvalue weighted by atomic mass is 19.1. The Kier molecular flexibility index (Phi) is 4.55. The lowest BCUT2D eigenvalue weighted by Crippen LogP contribution is -2.36. The third-order valence-electron chi connectivity index (χ3n) is 4.18. The first-order valence-corrected chi connectivity index (χ1v) is 6.96. The molecule has 1 aromatic carbocycles. The van der Waals surface area contributed by atoms with Crippen molar-refractivity contribution in [2.24, 2.45) is 5.41 Å². The normalized spacial score (nSPS) is 26.9. The van der Waals surface area contributed by atoms with Gasteiger partial charge in [0.1, 0.15) is 5.82 Å². The van der Waals surface area contributed by atoms with E-state index in [2.05, 4.69) is 18.3 Å². The molecule has 0 spiro atoms. The standard InChI is InChI=1S/C16H21FN2/c1-16(9-10-18)7-5-15(6-8-16)19-12-13-3-2-4-14(17)11-13/h2-4,11,15,19H,5-9,12H2,1H3/t15-,16-. The molecule has 0 radical (unpaired) electrons. The molecule has 1 aromatic rings. The molecule has 3 heteroatoms. The van der Waals surface area contributed by atoms with Crippen LogP contribution in [0.2, 0.25) is 0 Å². The van der Waals surface area contributed by atoms with E-state index < -0.39 is 0 Å². The van der Waals surface area contributed by atoms with Crippen molar-refractivity contribution in [2.45, 2.75) is 51.6 Å². The molecule has 2 nitrogen and oxygen atoms in total. The van der Waals surface area contributed by atoms with E-state index in [4.69, 9.17) is 5.26 Å². The van der Waals surface area contributed by atoms with Crippen LogP contribution in [0.25, 0.3) is 0 Å². The maximum atomic E-state index is 13.1. The highest BCUT2D eigenvalue weighted by molar-refractivity contribution is 5.16. The molecule has 0 aromatic heterocycles. The summed E-state index contributed by atoms with van der Waals surface area (Å²) in [7, 11) is 0. The fourth-order valence-electron chi connectivity index (χ4n) is 2.80. The lowest BCUT2D eigenvalue weighted by Gasteiger charge is -2.36. The summed E-state index contributed by atoms with van der Waals surface area (Å²) in [5, 5.41) is 12.3. The summed E-state index contributed by atoms with van der Waals surface area (Å²) in [6.07, 6.45) is 5.06. The molecule has 0 aliphatic heterocycles. The van der Waals surface area contributed by atoms with Crippen LogP contribution in [0.5, 0.6) is 0 Å². The average molecular weight is 260 g/mol. The van der Waals surface area contributed by atoms with E-state index in [0.717, 1.165) is 37.8 Å². The van der Waals surface area contributed by atoms with Gasteiger partial charge < -0.3 is 5.32 Å². The van der Waals surface area contributed by atoms with Gasteiger partial charge in [-0.1, -0.05) is 19.1 Å². The monoisotopic (exact) mass is 260 g/mol. The Labute approximate surface area is 114 Å². The minimum Gasteiger partial charge on any atom is -0.310 e. The molecular weight excluding hydrogens is 239 g/mol. The van der Waals surface area contributed by atoms with Crippen molar-refractivity contribution in [1.29, 1.82) is 5.26 Å². The zero-order valence-electron chi connectivity index (χ0n) is 11.5.